The molecule has 0 N–H and O–H groups in total. The highest BCUT2D eigenvalue weighted by molar-refractivity contribution is 6.09. The van der Waals surface area contributed by atoms with E-state index < -0.39 is 0 Å². The van der Waals surface area contributed by atoms with E-state index in [4.69, 9.17) is 0 Å². The number of aromatic nitrogens is 1. The molecule has 2 heteroatoms. The summed E-state index contributed by atoms with van der Waals surface area (Å²) in [4.78, 5) is 2.33. The summed E-state index contributed by atoms with van der Waals surface area (Å²) in [6.45, 7) is 0. The zero-order valence-electron chi connectivity index (χ0n) is 29.7. The van der Waals surface area contributed by atoms with Gasteiger partial charge in [0.15, 0.2) is 0 Å². The molecule has 0 spiro atoms. The normalized spacial score (nSPS) is 11.3. The zero-order valence-corrected chi connectivity index (χ0v) is 29.7. The van der Waals surface area contributed by atoms with Gasteiger partial charge in [-0.15, -0.1) is 0 Å². The molecule has 1 heterocycles. The molecular weight excluding hydrogens is 653 g/mol. The number of rotatable bonds is 7. The van der Waals surface area contributed by atoms with Crippen LogP contribution in [-0.4, -0.2) is 4.57 Å². The minimum Gasteiger partial charge on any atom is -0.311 e. The third kappa shape index (κ3) is 5.53. The van der Waals surface area contributed by atoms with Crippen molar-refractivity contribution < 1.29 is 0 Å². The monoisotopic (exact) mass is 688 g/mol. The van der Waals surface area contributed by atoms with Crippen molar-refractivity contribution in [2.45, 2.75) is 0 Å². The second kappa shape index (κ2) is 13.4. The van der Waals surface area contributed by atoms with Crippen LogP contribution in [0, 0.1) is 0 Å². The first-order valence-electron chi connectivity index (χ1n) is 18.5. The SMILES string of the molecule is c1ccc(-c2cccc3cccc(-c4ccc(-c5ccc(N(c6ccccc6)c6ccc(-n7c8ccccc8c8ccccc87)cc6)cc5)cc4)c23)cc1. The highest BCUT2D eigenvalue weighted by Gasteiger charge is 2.16. The average molecular weight is 689 g/mol. The fraction of sp³-hybridized carbons (Fsp3) is 0. The maximum Gasteiger partial charge on any atom is 0.0541 e. The number of hydrogen-bond acceptors (Lipinski definition) is 1. The van der Waals surface area contributed by atoms with E-state index in [2.05, 4.69) is 228 Å². The van der Waals surface area contributed by atoms with E-state index in [0.29, 0.717) is 0 Å². The fourth-order valence-electron chi connectivity index (χ4n) is 8.06. The fourth-order valence-corrected chi connectivity index (χ4v) is 8.06. The standard InChI is InChI=1S/C52H36N2/c1-3-13-39(14-4-1)46-21-11-15-41-16-12-22-47(52(41)46)40-27-25-37(26-28-40)38-29-31-43(32-30-38)53(42-17-5-2-6-18-42)44-33-35-45(36-34-44)54-50-23-9-7-19-48(50)49-20-8-10-24-51(49)54/h1-36H. The van der Waals surface area contributed by atoms with Gasteiger partial charge in [0, 0.05) is 33.5 Å². The lowest BCUT2D eigenvalue weighted by Crippen LogP contribution is -2.10. The van der Waals surface area contributed by atoms with Gasteiger partial charge in [-0.2, -0.15) is 0 Å². The first-order valence-corrected chi connectivity index (χ1v) is 18.5. The number of fused-ring (bicyclic) bond motifs is 4. The summed E-state index contributed by atoms with van der Waals surface area (Å²) in [6, 6.07) is 78.7. The predicted molar refractivity (Wildman–Crippen MR) is 229 cm³/mol. The van der Waals surface area contributed by atoms with Gasteiger partial charge in [0.05, 0.1) is 11.0 Å². The summed E-state index contributed by atoms with van der Waals surface area (Å²) in [5.74, 6) is 0. The van der Waals surface area contributed by atoms with E-state index >= 15 is 0 Å². The van der Waals surface area contributed by atoms with Crippen LogP contribution in [0.1, 0.15) is 0 Å². The first-order chi connectivity index (χ1) is 26.8. The van der Waals surface area contributed by atoms with Crippen molar-refractivity contribution in [3.8, 4) is 39.1 Å². The molecule has 10 aromatic rings. The van der Waals surface area contributed by atoms with Crippen molar-refractivity contribution in [1.82, 2.24) is 4.57 Å². The molecule has 0 bridgehead atoms. The molecule has 0 amide bonds. The number of nitrogens with zero attached hydrogens (tertiary/aromatic N) is 2. The molecule has 0 fully saturated rings. The molecule has 10 rings (SSSR count). The second-order valence-electron chi connectivity index (χ2n) is 13.8. The lowest BCUT2D eigenvalue weighted by atomic mass is 9.91. The van der Waals surface area contributed by atoms with Crippen LogP contribution in [0.15, 0.2) is 218 Å². The Kier molecular flexibility index (Phi) is 7.85. The van der Waals surface area contributed by atoms with Crippen molar-refractivity contribution in [2.24, 2.45) is 0 Å². The first kappa shape index (κ1) is 31.6. The summed E-state index contributed by atoms with van der Waals surface area (Å²) in [5.41, 5.74) is 14.2. The van der Waals surface area contributed by atoms with Crippen LogP contribution in [0.2, 0.25) is 0 Å². The van der Waals surface area contributed by atoms with Gasteiger partial charge in [-0.25, -0.2) is 0 Å². The Bertz CT molecular complexity index is 2830. The molecule has 0 saturated carbocycles. The Morgan fingerprint density at radius 3 is 1.30 bits per heavy atom. The van der Waals surface area contributed by atoms with Crippen LogP contribution in [0.3, 0.4) is 0 Å². The summed E-state index contributed by atoms with van der Waals surface area (Å²) >= 11 is 0. The lowest BCUT2D eigenvalue weighted by molar-refractivity contribution is 1.17. The van der Waals surface area contributed by atoms with Gasteiger partial charge in [-0.05, 0) is 105 Å². The van der Waals surface area contributed by atoms with Crippen LogP contribution in [-0.2, 0) is 0 Å². The number of anilines is 3. The molecule has 2 nitrogen and oxygen atoms in total. The highest BCUT2D eigenvalue weighted by Crippen LogP contribution is 2.39. The Labute approximate surface area is 315 Å². The van der Waals surface area contributed by atoms with Crippen LogP contribution in [0.4, 0.5) is 17.1 Å². The van der Waals surface area contributed by atoms with Gasteiger partial charge in [0.1, 0.15) is 0 Å². The Hall–Kier alpha value is -7.16. The lowest BCUT2D eigenvalue weighted by Gasteiger charge is -2.26. The van der Waals surface area contributed by atoms with E-state index in [1.807, 2.05) is 0 Å². The quantitative estimate of drug-likeness (QED) is 0.162. The molecule has 0 aliphatic heterocycles. The van der Waals surface area contributed by atoms with E-state index in [9.17, 15) is 0 Å². The predicted octanol–water partition coefficient (Wildman–Crippen LogP) is 14.4. The van der Waals surface area contributed by atoms with Crippen molar-refractivity contribution in [3.05, 3.63) is 218 Å². The molecule has 0 saturated heterocycles. The topological polar surface area (TPSA) is 8.17 Å². The number of para-hydroxylation sites is 3. The van der Waals surface area contributed by atoms with Gasteiger partial charge in [-0.3, -0.25) is 0 Å². The summed E-state index contributed by atoms with van der Waals surface area (Å²) in [5, 5.41) is 5.07. The van der Waals surface area contributed by atoms with E-state index in [1.54, 1.807) is 0 Å². The Morgan fingerprint density at radius 1 is 0.296 bits per heavy atom. The third-order valence-electron chi connectivity index (χ3n) is 10.6. The molecule has 0 radical (unpaired) electrons. The number of benzene rings is 9. The Balaban J connectivity index is 0.979. The Morgan fingerprint density at radius 2 is 0.722 bits per heavy atom. The molecule has 0 aliphatic rings. The number of hydrogen-bond donors (Lipinski definition) is 0. The van der Waals surface area contributed by atoms with Gasteiger partial charge in [0.25, 0.3) is 0 Å². The molecular formula is C52H36N2. The van der Waals surface area contributed by atoms with Crippen LogP contribution in [0.25, 0.3) is 71.6 Å². The third-order valence-corrected chi connectivity index (χ3v) is 10.6. The molecule has 0 unspecified atom stereocenters. The van der Waals surface area contributed by atoms with Gasteiger partial charge < -0.3 is 9.47 Å². The molecule has 0 atom stereocenters. The van der Waals surface area contributed by atoms with E-state index in [0.717, 1.165) is 22.7 Å². The minimum absolute atomic E-state index is 1.10. The van der Waals surface area contributed by atoms with Gasteiger partial charge >= 0.3 is 0 Å². The maximum absolute atomic E-state index is 2.36. The summed E-state index contributed by atoms with van der Waals surface area (Å²) in [7, 11) is 0. The van der Waals surface area contributed by atoms with Crippen LogP contribution < -0.4 is 4.90 Å². The van der Waals surface area contributed by atoms with Crippen molar-refractivity contribution in [2.75, 3.05) is 4.90 Å². The zero-order chi connectivity index (χ0) is 35.8. The van der Waals surface area contributed by atoms with Crippen molar-refractivity contribution >= 4 is 49.6 Å². The van der Waals surface area contributed by atoms with Gasteiger partial charge in [-0.1, -0.05) is 158 Å². The molecule has 254 valence electrons. The smallest absolute Gasteiger partial charge is 0.0541 e. The van der Waals surface area contributed by atoms with E-state index in [-0.39, 0.29) is 0 Å². The maximum atomic E-state index is 2.36. The van der Waals surface area contributed by atoms with E-state index in [1.165, 1.54) is 66.0 Å². The van der Waals surface area contributed by atoms with Crippen LogP contribution in [0.5, 0.6) is 0 Å². The summed E-state index contributed by atoms with van der Waals surface area (Å²) in [6.07, 6.45) is 0. The highest BCUT2D eigenvalue weighted by atomic mass is 15.1. The van der Waals surface area contributed by atoms with Crippen LogP contribution >= 0.6 is 0 Å². The van der Waals surface area contributed by atoms with Gasteiger partial charge in [0.2, 0.25) is 0 Å². The second-order valence-corrected chi connectivity index (χ2v) is 13.8. The average Bonchev–Trinajstić information content (AvgIpc) is 3.59. The molecule has 0 aliphatic carbocycles. The minimum atomic E-state index is 1.10. The van der Waals surface area contributed by atoms with Crippen molar-refractivity contribution in [3.63, 3.8) is 0 Å². The largest absolute Gasteiger partial charge is 0.311 e. The molecule has 9 aromatic carbocycles. The summed E-state index contributed by atoms with van der Waals surface area (Å²) < 4.78 is 2.36. The molecule has 54 heavy (non-hydrogen) atoms. The van der Waals surface area contributed by atoms with Crippen molar-refractivity contribution in [1.29, 1.82) is 0 Å². The molecule has 1 aromatic heterocycles.